The highest BCUT2D eigenvalue weighted by Crippen LogP contribution is 2.38. The van der Waals surface area contributed by atoms with Crippen LogP contribution in [-0.2, 0) is 0 Å². The van der Waals surface area contributed by atoms with E-state index in [1.807, 2.05) is 0 Å². The van der Waals surface area contributed by atoms with E-state index in [1.165, 1.54) is 64.8 Å². The number of nitrogens with one attached hydrogen (secondary N) is 1. The van der Waals surface area contributed by atoms with Gasteiger partial charge in [-0.25, -0.2) is 0 Å². The van der Waals surface area contributed by atoms with Crippen LogP contribution < -0.4 is 5.32 Å². The number of hydrogen-bond acceptors (Lipinski definition) is 3. The Bertz CT molecular complexity index is 290. The first-order valence-corrected chi connectivity index (χ1v) is 10.0. The molecule has 2 aliphatic rings. The zero-order chi connectivity index (χ0) is 15.3. The van der Waals surface area contributed by atoms with E-state index in [0.29, 0.717) is 5.41 Å². The highest BCUT2D eigenvalue weighted by Gasteiger charge is 2.35. The second kappa shape index (κ2) is 8.21. The number of hydrogen-bond donors (Lipinski definition) is 1. The standard InChI is InChI=1S/C18H36N2S/c1-15(2)10-19-13-18(8-6-5-7-9-18)14-20-11-16(3)21-17(4)12-20/h15-17,19H,5-14H2,1-4H3. The van der Waals surface area contributed by atoms with E-state index < -0.39 is 0 Å². The molecule has 2 rings (SSSR count). The molecule has 1 aliphatic heterocycles. The van der Waals surface area contributed by atoms with E-state index in [0.717, 1.165) is 16.4 Å². The van der Waals surface area contributed by atoms with Gasteiger partial charge in [0.05, 0.1) is 0 Å². The van der Waals surface area contributed by atoms with Crippen molar-refractivity contribution in [3.8, 4) is 0 Å². The van der Waals surface area contributed by atoms with Gasteiger partial charge in [-0.2, -0.15) is 11.8 Å². The Morgan fingerprint density at radius 1 is 1.10 bits per heavy atom. The number of thioether (sulfide) groups is 1. The van der Waals surface area contributed by atoms with Gasteiger partial charge in [0.1, 0.15) is 0 Å². The molecule has 2 nitrogen and oxygen atoms in total. The summed E-state index contributed by atoms with van der Waals surface area (Å²) in [6.45, 7) is 15.7. The largest absolute Gasteiger partial charge is 0.316 e. The fraction of sp³-hybridized carbons (Fsp3) is 1.00. The van der Waals surface area contributed by atoms with Gasteiger partial charge in [0.2, 0.25) is 0 Å². The first kappa shape index (κ1) is 17.6. The van der Waals surface area contributed by atoms with Gasteiger partial charge in [0.15, 0.2) is 0 Å². The Morgan fingerprint density at radius 2 is 1.71 bits per heavy atom. The maximum atomic E-state index is 3.78. The van der Waals surface area contributed by atoms with E-state index >= 15 is 0 Å². The molecule has 1 heterocycles. The Labute approximate surface area is 136 Å². The summed E-state index contributed by atoms with van der Waals surface area (Å²) in [5, 5.41) is 5.38. The van der Waals surface area contributed by atoms with Gasteiger partial charge < -0.3 is 10.2 Å². The highest BCUT2D eigenvalue weighted by atomic mass is 32.2. The molecule has 124 valence electrons. The zero-order valence-corrected chi connectivity index (χ0v) is 15.5. The average Bonchev–Trinajstić information content (AvgIpc) is 2.37. The Hall–Kier alpha value is 0.270. The van der Waals surface area contributed by atoms with Crippen molar-refractivity contribution < 1.29 is 0 Å². The van der Waals surface area contributed by atoms with Crippen LogP contribution in [0.3, 0.4) is 0 Å². The first-order valence-electron chi connectivity index (χ1n) is 9.08. The van der Waals surface area contributed by atoms with Crippen LogP contribution in [-0.4, -0.2) is 48.1 Å². The molecule has 0 radical (unpaired) electrons. The molecule has 2 unspecified atom stereocenters. The Kier molecular flexibility index (Phi) is 6.89. The molecule has 0 amide bonds. The molecule has 1 saturated carbocycles. The van der Waals surface area contributed by atoms with Crippen molar-refractivity contribution in [3.63, 3.8) is 0 Å². The van der Waals surface area contributed by atoms with Crippen LogP contribution >= 0.6 is 11.8 Å². The molecular weight excluding hydrogens is 276 g/mol. The van der Waals surface area contributed by atoms with E-state index in [4.69, 9.17) is 0 Å². The van der Waals surface area contributed by atoms with Gasteiger partial charge >= 0.3 is 0 Å². The molecule has 1 aliphatic carbocycles. The molecule has 1 saturated heterocycles. The number of nitrogens with zero attached hydrogens (tertiary/aromatic N) is 1. The van der Waals surface area contributed by atoms with Crippen molar-refractivity contribution in [2.75, 3.05) is 32.7 Å². The summed E-state index contributed by atoms with van der Waals surface area (Å²) >= 11 is 2.17. The van der Waals surface area contributed by atoms with Crippen molar-refractivity contribution in [2.45, 2.75) is 70.3 Å². The third kappa shape index (κ3) is 5.76. The smallest absolute Gasteiger partial charge is 0.0149 e. The van der Waals surface area contributed by atoms with Crippen LogP contribution in [0.25, 0.3) is 0 Å². The summed E-state index contributed by atoms with van der Waals surface area (Å²) in [5.41, 5.74) is 0.550. The topological polar surface area (TPSA) is 15.3 Å². The normalized spacial score (nSPS) is 30.7. The summed E-state index contributed by atoms with van der Waals surface area (Å²) in [4.78, 5) is 2.77. The molecular formula is C18H36N2S. The van der Waals surface area contributed by atoms with Crippen LogP contribution in [0.1, 0.15) is 59.8 Å². The third-order valence-electron chi connectivity index (χ3n) is 5.02. The van der Waals surface area contributed by atoms with Crippen LogP contribution in [0.4, 0.5) is 0 Å². The average molecular weight is 313 g/mol. The minimum absolute atomic E-state index is 0.550. The van der Waals surface area contributed by atoms with E-state index in [2.05, 4.69) is 49.7 Å². The lowest BCUT2D eigenvalue weighted by atomic mass is 9.73. The fourth-order valence-electron chi connectivity index (χ4n) is 4.21. The molecule has 0 spiro atoms. The molecule has 0 bridgehead atoms. The van der Waals surface area contributed by atoms with Crippen molar-refractivity contribution in [1.29, 1.82) is 0 Å². The van der Waals surface area contributed by atoms with Crippen LogP contribution in [0, 0.1) is 11.3 Å². The lowest BCUT2D eigenvalue weighted by Gasteiger charge is -2.44. The van der Waals surface area contributed by atoms with Crippen LogP contribution in [0.2, 0.25) is 0 Å². The summed E-state index contributed by atoms with van der Waals surface area (Å²) < 4.78 is 0. The minimum Gasteiger partial charge on any atom is -0.316 e. The molecule has 0 aromatic heterocycles. The van der Waals surface area contributed by atoms with Gasteiger partial charge in [0, 0.05) is 36.7 Å². The van der Waals surface area contributed by atoms with Crippen LogP contribution in [0.5, 0.6) is 0 Å². The molecule has 1 N–H and O–H groups in total. The predicted octanol–water partition coefficient (Wildman–Crippen LogP) is 4.01. The van der Waals surface area contributed by atoms with Gasteiger partial charge in [-0.1, -0.05) is 47.0 Å². The molecule has 2 fully saturated rings. The van der Waals surface area contributed by atoms with Crippen molar-refractivity contribution in [3.05, 3.63) is 0 Å². The van der Waals surface area contributed by atoms with E-state index in [1.54, 1.807) is 0 Å². The van der Waals surface area contributed by atoms with E-state index in [-0.39, 0.29) is 0 Å². The minimum atomic E-state index is 0.550. The lowest BCUT2D eigenvalue weighted by Crippen LogP contribution is -2.50. The maximum Gasteiger partial charge on any atom is 0.0149 e. The van der Waals surface area contributed by atoms with E-state index in [9.17, 15) is 0 Å². The Balaban J connectivity index is 1.91. The second-order valence-electron chi connectivity index (χ2n) is 8.04. The first-order chi connectivity index (χ1) is 9.99. The second-order valence-corrected chi connectivity index (χ2v) is 9.92. The van der Waals surface area contributed by atoms with Gasteiger partial charge in [0.25, 0.3) is 0 Å². The summed E-state index contributed by atoms with van der Waals surface area (Å²) in [6.07, 6.45) is 7.21. The molecule has 3 heteroatoms. The maximum absolute atomic E-state index is 3.78. The van der Waals surface area contributed by atoms with Crippen molar-refractivity contribution in [2.24, 2.45) is 11.3 Å². The zero-order valence-electron chi connectivity index (χ0n) is 14.7. The quantitative estimate of drug-likeness (QED) is 0.798. The fourth-order valence-corrected chi connectivity index (χ4v) is 5.59. The summed E-state index contributed by atoms with van der Waals surface area (Å²) in [7, 11) is 0. The molecule has 0 aromatic rings. The van der Waals surface area contributed by atoms with Gasteiger partial charge in [-0.05, 0) is 30.7 Å². The molecule has 2 atom stereocenters. The lowest BCUT2D eigenvalue weighted by molar-refractivity contribution is 0.100. The van der Waals surface area contributed by atoms with Gasteiger partial charge in [-0.3, -0.25) is 0 Å². The van der Waals surface area contributed by atoms with Crippen molar-refractivity contribution in [1.82, 2.24) is 10.2 Å². The SMILES string of the molecule is CC(C)CNCC1(CN2CC(C)SC(C)C2)CCCCC1. The summed E-state index contributed by atoms with van der Waals surface area (Å²) in [5.74, 6) is 0.761. The third-order valence-corrected chi connectivity index (χ3v) is 6.25. The number of rotatable bonds is 6. The monoisotopic (exact) mass is 312 g/mol. The highest BCUT2D eigenvalue weighted by molar-refractivity contribution is 8.00. The summed E-state index contributed by atoms with van der Waals surface area (Å²) in [6, 6.07) is 0. The van der Waals surface area contributed by atoms with Gasteiger partial charge in [-0.15, -0.1) is 0 Å². The molecule has 21 heavy (non-hydrogen) atoms. The molecule has 0 aromatic carbocycles. The van der Waals surface area contributed by atoms with Crippen molar-refractivity contribution >= 4 is 11.8 Å². The predicted molar refractivity (Wildman–Crippen MR) is 96.2 cm³/mol. The van der Waals surface area contributed by atoms with Crippen LogP contribution in [0.15, 0.2) is 0 Å². The Morgan fingerprint density at radius 3 is 2.29 bits per heavy atom.